The summed E-state index contributed by atoms with van der Waals surface area (Å²) in [6.07, 6.45) is 0.555. The Hall–Kier alpha value is -3.14. The van der Waals surface area contributed by atoms with E-state index in [1.54, 1.807) is 12.1 Å². The number of amidine groups is 1. The maximum atomic E-state index is 13.3. The van der Waals surface area contributed by atoms with E-state index in [1.807, 2.05) is 0 Å². The topological polar surface area (TPSA) is 106 Å². The Balaban J connectivity index is 1.66. The number of aromatic nitrogens is 2. The molecule has 0 fully saturated rings. The van der Waals surface area contributed by atoms with E-state index < -0.39 is 5.82 Å². The van der Waals surface area contributed by atoms with Gasteiger partial charge in [0.05, 0.1) is 10.2 Å². The smallest absolute Gasteiger partial charge is 0.226 e. The van der Waals surface area contributed by atoms with Crippen molar-refractivity contribution in [2.45, 2.75) is 12.8 Å². The van der Waals surface area contributed by atoms with E-state index in [1.165, 1.54) is 30.3 Å². The number of nitrogens with two attached hydrogens (primary N) is 1. The van der Waals surface area contributed by atoms with Gasteiger partial charge < -0.3 is 11.1 Å². The largest absolute Gasteiger partial charge is 0.382 e. The highest BCUT2D eigenvalue weighted by atomic mass is 79.9. The Bertz CT molecular complexity index is 1020. The number of hydrogen-bond donors (Lipinski definition) is 2. The fraction of sp³-hybridized carbons (Fsp3) is 0.111. The van der Waals surface area contributed by atoms with Gasteiger partial charge in [-0.05, 0) is 68.6 Å². The molecule has 0 aliphatic heterocycles. The first kappa shape index (κ1) is 19.6. The van der Waals surface area contributed by atoms with Crippen molar-refractivity contribution in [3.63, 3.8) is 0 Å². The highest BCUT2D eigenvalue weighted by molar-refractivity contribution is 9.10. The summed E-state index contributed by atoms with van der Waals surface area (Å²) in [6.45, 7) is 0. The lowest BCUT2D eigenvalue weighted by Crippen LogP contribution is -2.19. The van der Waals surface area contributed by atoms with E-state index in [0.717, 1.165) is 5.56 Å². The SMILES string of the molecule is NC(=Nc1ccc(F)c(Br)c1)c1nonc1NC(=O)CCc1ccc(F)cc1. The molecule has 3 rings (SSSR count). The van der Waals surface area contributed by atoms with Gasteiger partial charge in [-0.25, -0.2) is 18.4 Å². The Kier molecular flexibility index (Phi) is 6.09. The molecule has 7 nitrogen and oxygen atoms in total. The number of hydrogen-bond acceptors (Lipinski definition) is 5. The number of carbonyl (C=O) groups is 1. The van der Waals surface area contributed by atoms with Crippen LogP contribution in [0.2, 0.25) is 0 Å². The molecule has 0 unspecified atom stereocenters. The number of halogens is 3. The normalized spacial score (nSPS) is 11.5. The average molecular weight is 450 g/mol. The van der Waals surface area contributed by atoms with Crippen molar-refractivity contribution in [3.8, 4) is 0 Å². The molecule has 144 valence electrons. The van der Waals surface area contributed by atoms with Gasteiger partial charge in [0, 0.05) is 6.42 Å². The van der Waals surface area contributed by atoms with Crippen LogP contribution >= 0.6 is 15.9 Å². The van der Waals surface area contributed by atoms with Gasteiger partial charge in [0.25, 0.3) is 0 Å². The quantitative estimate of drug-likeness (QED) is 0.440. The van der Waals surface area contributed by atoms with Crippen LogP contribution in [-0.4, -0.2) is 22.1 Å². The second kappa shape index (κ2) is 8.70. The van der Waals surface area contributed by atoms with Crippen LogP contribution in [0.5, 0.6) is 0 Å². The second-order valence-corrected chi connectivity index (χ2v) is 6.59. The minimum atomic E-state index is -0.435. The molecule has 0 aliphatic carbocycles. The molecule has 2 aromatic carbocycles. The summed E-state index contributed by atoms with van der Waals surface area (Å²) in [4.78, 5) is 16.3. The summed E-state index contributed by atoms with van der Waals surface area (Å²) in [5.41, 5.74) is 7.15. The van der Waals surface area contributed by atoms with Crippen LogP contribution in [-0.2, 0) is 11.2 Å². The molecule has 0 spiro atoms. The van der Waals surface area contributed by atoms with Crippen molar-refractivity contribution in [2.24, 2.45) is 10.7 Å². The zero-order valence-electron chi connectivity index (χ0n) is 14.3. The number of carbonyl (C=O) groups excluding carboxylic acids is 1. The maximum absolute atomic E-state index is 13.3. The number of amides is 1. The summed E-state index contributed by atoms with van der Waals surface area (Å²) in [5, 5.41) is 9.82. The number of aryl methyl sites for hydroxylation is 1. The zero-order chi connectivity index (χ0) is 20.1. The van der Waals surface area contributed by atoms with Crippen LogP contribution in [0.3, 0.4) is 0 Å². The van der Waals surface area contributed by atoms with Crippen LogP contribution in [0.15, 0.2) is 56.6 Å². The first-order chi connectivity index (χ1) is 13.4. The Morgan fingerprint density at radius 1 is 1.18 bits per heavy atom. The average Bonchev–Trinajstić information content (AvgIpc) is 3.12. The molecule has 1 heterocycles. The van der Waals surface area contributed by atoms with Gasteiger partial charge in [0.2, 0.25) is 11.7 Å². The maximum Gasteiger partial charge on any atom is 0.226 e. The van der Waals surface area contributed by atoms with E-state index >= 15 is 0 Å². The second-order valence-electron chi connectivity index (χ2n) is 5.73. The molecule has 0 atom stereocenters. The molecule has 3 aromatic rings. The van der Waals surface area contributed by atoms with Gasteiger partial charge in [-0.2, -0.15) is 0 Å². The van der Waals surface area contributed by atoms with Crippen LogP contribution in [0.4, 0.5) is 20.3 Å². The van der Waals surface area contributed by atoms with Crippen molar-refractivity contribution in [3.05, 3.63) is 69.8 Å². The third kappa shape index (κ3) is 4.97. The van der Waals surface area contributed by atoms with Crippen molar-refractivity contribution >= 4 is 39.2 Å². The lowest BCUT2D eigenvalue weighted by Gasteiger charge is -2.04. The van der Waals surface area contributed by atoms with Crippen LogP contribution in [0.25, 0.3) is 0 Å². The third-order valence-electron chi connectivity index (χ3n) is 3.70. The number of benzene rings is 2. The van der Waals surface area contributed by atoms with Gasteiger partial charge in [0.1, 0.15) is 11.6 Å². The zero-order valence-corrected chi connectivity index (χ0v) is 15.9. The molecule has 0 saturated carbocycles. The summed E-state index contributed by atoms with van der Waals surface area (Å²) in [5.74, 6) is -1.16. The molecule has 0 saturated heterocycles. The van der Waals surface area contributed by atoms with Crippen LogP contribution < -0.4 is 11.1 Å². The number of nitrogens with one attached hydrogen (secondary N) is 1. The molecular weight excluding hydrogens is 436 g/mol. The first-order valence-electron chi connectivity index (χ1n) is 8.09. The van der Waals surface area contributed by atoms with Gasteiger partial charge >= 0.3 is 0 Å². The summed E-state index contributed by atoms with van der Waals surface area (Å²) in [7, 11) is 0. The van der Waals surface area contributed by atoms with E-state index in [0.29, 0.717) is 12.1 Å². The number of nitrogens with zero attached hydrogens (tertiary/aromatic N) is 3. The minimum absolute atomic E-state index is 0.0199. The van der Waals surface area contributed by atoms with E-state index in [9.17, 15) is 13.6 Å². The number of aliphatic imine (C=N–C) groups is 1. The van der Waals surface area contributed by atoms with E-state index in [4.69, 9.17) is 5.73 Å². The molecule has 0 aliphatic rings. The summed E-state index contributed by atoms with van der Waals surface area (Å²) >= 11 is 3.06. The van der Waals surface area contributed by atoms with Crippen molar-refractivity contribution in [1.82, 2.24) is 10.3 Å². The highest BCUT2D eigenvalue weighted by Crippen LogP contribution is 2.23. The predicted octanol–water partition coefficient (Wildman–Crippen LogP) is 3.72. The first-order valence-corrected chi connectivity index (χ1v) is 8.88. The molecule has 10 heteroatoms. The lowest BCUT2D eigenvalue weighted by atomic mass is 10.1. The molecule has 0 radical (unpaired) electrons. The molecular formula is C18H14BrF2N5O2. The fourth-order valence-corrected chi connectivity index (χ4v) is 2.66. The van der Waals surface area contributed by atoms with Crippen molar-refractivity contribution in [2.75, 3.05) is 5.32 Å². The van der Waals surface area contributed by atoms with E-state index in [2.05, 4.69) is 41.2 Å². The van der Waals surface area contributed by atoms with Crippen molar-refractivity contribution in [1.29, 1.82) is 0 Å². The summed E-state index contributed by atoms with van der Waals surface area (Å²) in [6, 6.07) is 9.98. The lowest BCUT2D eigenvalue weighted by molar-refractivity contribution is -0.116. The van der Waals surface area contributed by atoms with Crippen LogP contribution in [0, 0.1) is 11.6 Å². The summed E-state index contributed by atoms with van der Waals surface area (Å²) < 4.78 is 31.1. The van der Waals surface area contributed by atoms with Crippen LogP contribution in [0.1, 0.15) is 17.7 Å². The van der Waals surface area contributed by atoms with E-state index in [-0.39, 0.29) is 40.0 Å². The molecule has 0 bridgehead atoms. The van der Waals surface area contributed by atoms with Gasteiger partial charge in [-0.1, -0.05) is 12.1 Å². The Morgan fingerprint density at radius 2 is 1.93 bits per heavy atom. The minimum Gasteiger partial charge on any atom is -0.382 e. The predicted molar refractivity (Wildman–Crippen MR) is 102 cm³/mol. The molecule has 1 aromatic heterocycles. The molecule has 1 amide bonds. The molecule has 28 heavy (non-hydrogen) atoms. The third-order valence-corrected chi connectivity index (χ3v) is 4.30. The number of anilines is 1. The monoisotopic (exact) mass is 449 g/mol. The van der Waals surface area contributed by atoms with Gasteiger partial charge in [-0.3, -0.25) is 4.79 Å². The Labute approximate surface area is 166 Å². The Morgan fingerprint density at radius 3 is 2.64 bits per heavy atom. The van der Waals surface area contributed by atoms with Gasteiger partial charge in [0.15, 0.2) is 11.5 Å². The standard InChI is InChI=1S/C18H14BrF2N5O2/c19-13-9-12(6-7-14(13)21)23-17(22)16-18(26-28-25-16)24-15(27)8-3-10-1-4-11(20)5-2-10/h1-2,4-7,9H,3,8H2,(H2,22,23)(H,24,26,27). The van der Waals surface area contributed by atoms with Gasteiger partial charge in [-0.15, -0.1) is 0 Å². The molecule has 3 N–H and O–H groups in total. The number of rotatable bonds is 6. The highest BCUT2D eigenvalue weighted by Gasteiger charge is 2.17. The fourth-order valence-electron chi connectivity index (χ4n) is 2.29. The van der Waals surface area contributed by atoms with Crippen molar-refractivity contribution < 1.29 is 18.2 Å².